The number of hydrogen-bond donors (Lipinski definition) is 1. The number of thioether (sulfide) groups is 1. The van der Waals surface area contributed by atoms with Gasteiger partial charge < -0.3 is 0 Å². The first-order valence-electron chi connectivity index (χ1n) is 3.96. The van der Waals surface area contributed by atoms with E-state index in [1.54, 1.807) is 18.2 Å². The summed E-state index contributed by atoms with van der Waals surface area (Å²) in [6.45, 7) is -0.183. The first-order chi connectivity index (χ1) is 6.51. The Morgan fingerprint density at radius 3 is 2.64 bits per heavy atom. The van der Waals surface area contributed by atoms with Crippen LogP contribution in [0.3, 0.4) is 0 Å². The fraction of sp³-hybridized carbons (Fsp3) is 0.333. The van der Waals surface area contributed by atoms with Crippen LogP contribution in [0.2, 0.25) is 0 Å². The summed E-state index contributed by atoms with van der Waals surface area (Å²) < 4.78 is 35.4. The molecular formula is C9H10F3NS. The first kappa shape index (κ1) is 11.4. The van der Waals surface area contributed by atoms with Crippen molar-refractivity contribution in [2.75, 3.05) is 6.26 Å². The molecule has 14 heavy (non-hydrogen) atoms. The highest BCUT2D eigenvalue weighted by Crippen LogP contribution is 2.17. The Labute approximate surface area is 84.7 Å². The van der Waals surface area contributed by atoms with Gasteiger partial charge in [0, 0.05) is 11.4 Å². The number of rotatable bonds is 3. The van der Waals surface area contributed by atoms with Gasteiger partial charge in [0.2, 0.25) is 0 Å². The largest absolute Gasteiger partial charge is 0.457 e. The second-order valence-corrected chi connectivity index (χ2v) is 3.58. The van der Waals surface area contributed by atoms with Crippen LogP contribution in [-0.4, -0.2) is 12.6 Å². The molecule has 0 bridgehead atoms. The Bertz CT molecular complexity index is 298. The molecule has 0 aliphatic rings. The van der Waals surface area contributed by atoms with Gasteiger partial charge >= 0.3 is 6.30 Å². The van der Waals surface area contributed by atoms with E-state index < -0.39 is 6.30 Å². The van der Waals surface area contributed by atoms with Crippen LogP contribution in [0.1, 0.15) is 5.56 Å². The highest BCUT2D eigenvalue weighted by Gasteiger charge is 2.25. The van der Waals surface area contributed by atoms with Crippen LogP contribution in [0.25, 0.3) is 0 Å². The summed E-state index contributed by atoms with van der Waals surface area (Å²) in [5, 5.41) is 1.48. The summed E-state index contributed by atoms with van der Waals surface area (Å²) in [6.07, 6.45) is -2.42. The first-order valence-corrected chi connectivity index (χ1v) is 5.18. The molecule has 1 aromatic rings. The summed E-state index contributed by atoms with van der Waals surface area (Å²) >= 11 is 1.51. The molecule has 0 atom stereocenters. The monoisotopic (exact) mass is 221 g/mol. The lowest BCUT2D eigenvalue weighted by atomic mass is 10.2. The molecule has 0 saturated heterocycles. The zero-order chi connectivity index (χ0) is 10.6. The quantitative estimate of drug-likeness (QED) is 0.622. The Kier molecular flexibility index (Phi) is 3.83. The maximum Gasteiger partial charge on any atom is 0.457 e. The van der Waals surface area contributed by atoms with Crippen molar-refractivity contribution in [1.29, 1.82) is 0 Å². The van der Waals surface area contributed by atoms with E-state index in [-0.39, 0.29) is 6.54 Å². The molecule has 0 fully saturated rings. The van der Waals surface area contributed by atoms with Gasteiger partial charge in [-0.15, -0.1) is 11.8 Å². The van der Waals surface area contributed by atoms with Crippen LogP contribution >= 0.6 is 11.8 Å². The van der Waals surface area contributed by atoms with Crippen molar-refractivity contribution in [1.82, 2.24) is 5.32 Å². The molecule has 1 aromatic carbocycles. The lowest BCUT2D eigenvalue weighted by molar-refractivity contribution is -0.158. The highest BCUT2D eigenvalue weighted by atomic mass is 32.2. The third kappa shape index (κ3) is 4.02. The molecule has 0 aromatic heterocycles. The minimum atomic E-state index is -4.31. The van der Waals surface area contributed by atoms with Gasteiger partial charge in [-0.05, 0) is 24.0 Å². The van der Waals surface area contributed by atoms with E-state index in [1.165, 1.54) is 17.1 Å². The van der Waals surface area contributed by atoms with Crippen molar-refractivity contribution >= 4 is 11.8 Å². The third-order valence-electron chi connectivity index (χ3n) is 1.63. The molecule has 0 aliphatic carbocycles. The van der Waals surface area contributed by atoms with Gasteiger partial charge in [-0.2, -0.15) is 13.2 Å². The lowest BCUT2D eigenvalue weighted by Gasteiger charge is -2.08. The van der Waals surface area contributed by atoms with Crippen LogP contribution < -0.4 is 5.32 Å². The van der Waals surface area contributed by atoms with Crippen molar-refractivity contribution in [2.45, 2.75) is 17.7 Å². The zero-order valence-corrected chi connectivity index (χ0v) is 8.38. The van der Waals surface area contributed by atoms with Crippen LogP contribution in [0.4, 0.5) is 13.2 Å². The van der Waals surface area contributed by atoms with Crippen LogP contribution in [-0.2, 0) is 6.54 Å². The average Bonchev–Trinajstić information content (AvgIpc) is 2.14. The van der Waals surface area contributed by atoms with Crippen molar-refractivity contribution < 1.29 is 13.2 Å². The molecule has 0 radical (unpaired) electrons. The molecule has 0 heterocycles. The van der Waals surface area contributed by atoms with Gasteiger partial charge in [-0.25, -0.2) is 5.32 Å². The molecule has 1 N–H and O–H groups in total. The molecule has 0 aliphatic heterocycles. The summed E-state index contributed by atoms with van der Waals surface area (Å²) in [6, 6.07) is 7.02. The SMILES string of the molecule is CSc1cccc(CNC(F)(F)F)c1. The minimum Gasteiger partial charge on any atom is -0.224 e. The Morgan fingerprint density at radius 1 is 1.36 bits per heavy atom. The molecule has 0 unspecified atom stereocenters. The number of benzene rings is 1. The van der Waals surface area contributed by atoms with E-state index >= 15 is 0 Å². The maximum absolute atomic E-state index is 11.8. The second-order valence-electron chi connectivity index (χ2n) is 2.70. The topological polar surface area (TPSA) is 12.0 Å². The van der Waals surface area contributed by atoms with Crippen LogP contribution in [0.5, 0.6) is 0 Å². The van der Waals surface area contributed by atoms with Gasteiger partial charge in [0.05, 0.1) is 0 Å². The predicted molar refractivity (Wildman–Crippen MR) is 51.1 cm³/mol. The number of alkyl halides is 3. The van der Waals surface area contributed by atoms with Gasteiger partial charge in [0.25, 0.3) is 0 Å². The second kappa shape index (κ2) is 4.70. The molecule has 1 nitrogen and oxygen atoms in total. The van der Waals surface area contributed by atoms with Crippen LogP contribution in [0, 0.1) is 0 Å². The summed E-state index contributed by atoms with van der Waals surface area (Å²) in [5.74, 6) is 0. The summed E-state index contributed by atoms with van der Waals surface area (Å²) in [5.41, 5.74) is 0.633. The van der Waals surface area contributed by atoms with Gasteiger partial charge in [0.1, 0.15) is 0 Å². The van der Waals surface area contributed by atoms with Crippen molar-refractivity contribution in [2.24, 2.45) is 0 Å². The van der Waals surface area contributed by atoms with Crippen molar-refractivity contribution in [3.63, 3.8) is 0 Å². The van der Waals surface area contributed by atoms with E-state index in [0.717, 1.165) is 4.90 Å². The standard InChI is InChI=1S/C9H10F3NS/c1-14-8-4-2-3-7(5-8)6-13-9(10,11)12/h2-5,13H,6H2,1H3. The van der Waals surface area contributed by atoms with Gasteiger partial charge in [0.15, 0.2) is 0 Å². The number of nitrogens with one attached hydrogen (secondary N) is 1. The third-order valence-corrected chi connectivity index (χ3v) is 2.35. The predicted octanol–water partition coefficient (Wildman–Crippen LogP) is 3.02. The van der Waals surface area contributed by atoms with Crippen molar-refractivity contribution in [3.8, 4) is 0 Å². The number of hydrogen-bond acceptors (Lipinski definition) is 2. The van der Waals surface area contributed by atoms with E-state index in [4.69, 9.17) is 0 Å². The molecule has 1 rings (SSSR count). The lowest BCUT2D eigenvalue weighted by Crippen LogP contribution is -2.30. The molecule has 0 saturated carbocycles. The van der Waals surface area contributed by atoms with Crippen LogP contribution in [0.15, 0.2) is 29.2 Å². The normalized spacial score (nSPS) is 11.7. The van der Waals surface area contributed by atoms with E-state index in [0.29, 0.717) is 5.56 Å². The summed E-state index contributed by atoms with van der Waals surface area (Å²) in [4.78, 5) is 0.964. The fourth-order valence-corrected chi connectivity index (χ4v) is 1.47. The van der Waals surface area contributed by atoms with E-state index in [1.807, 2.05) is 12.3 Å². The molecule has 0 spiro atoms. The Morgan fingerprint density at radius 2 is 2.07 bits per heavy atom. The number of halogens is 3. The van der Waals surface area contributed by atoms with Gasteiger partial charge in [-0.3, -0.25) is 0 Å². The van der Waals surface area contributed by atoms with Crippen molar-refractivity contribution in [3.05, 3.63) is 29.8 Å². The van der Waals surface area contributed by atoms with E-state index in [2.05, 4.69) is 0 Å². The fourth-order valence-electron chi connectivity index (χ4n) is 0.985. The smallest absolute Gasteiger partial charge is 0.224 e. The minimum absolute atomic E-state index is 0.183. The molecule has 78 valence electrons. The molecular weight excluding hydrogens is 211 g/mol. The Balaban J connectivity index is 2.59. The molecule has 0 amide bonds. The van der Waals surface area contributed by atoms with Gasteiger partial charge in [-0.1, -0.05) is 12.1 Å². The van der Waals surface area contributed by atoms with E-state index in [9.17, 15) is 13.2 Å². The zero-order valence-electron chi connectivity index (χ0n) is 7.56. The highest BCUT2D eigenvalue weighted by molar-refractivity contribution is 7.98. The average molecular weight is 221 g/mol. The Hall–Kier alpha value is -0.680. The summed E-state index contributed by atoms with van der Waals surface area (Å²) in [7, 11) is 0. The molecule has 5 heteroatoms. The maximum atomic E-state index is 11.8.